The lowest BCUT2D eigenvalue weighted by molar-refractivity contribution is 0.0754. The van der Waals surface area contributed by atoms with Crippen molar-refractivity contribution in [3.63, 3.8) is 0 Å². The quantitative estimate of drug-likeness (QED) is 0.306. The second-order valence-corrected chi connectivity index (χ2v) is 9.50. The van der Waals surface area contributed by atoms with Gasteiger partial charge in [0, 0.05) is 40.1 Å². The first-order valence-electron chi connectivity index (χ1n) is 12.3. The Morgan fingerprint density at radius 2 is 1.81 bits per heavy atom. The third kappa shape index (κ3) is 4.81. The van der Waals surface area contributed by atoms with Gasteiger partial charge in [-0.1, -0.05) is 12.1 Å². The number of aromatic nitrogens is 1. The zero-order valence-electron chi connectivity index (χ0n) is 20.9. The van der Waals surface area contributed by atoms with E-state index in [0.717, 1.165) is 23.9 Å². The van der Waals surface area contributed by atoms with Crippen molar-refractivity contribution in [1.29, 1.82) is 0 Å². The summed E-state index contributed by atoms with van der Waals surface area (Å²) in [5, 5.41) is 32.8. The van der Waals surface area contributed by atoms with Gasteiger partial charge in [-0.2, -0.15) is 0 Å². The summed E-state index contributed by atoms with van der Waals surface area (Å²) in [4.78, 5) is 24.8. The number of amidine groups is 1. The first-order chi connectivity index (χ1) is 17.9. The molecule has 0 saturated heterocycles. The molecule has 0 radical (unpaired) electrons. The Hall–Kier alpha value is -3.79. The van der Waals surface area contributed by atoms with E-state index < -0.39 is 6.10 Å². The summed E-state index contributed by atoms with van der Waals surface area (Å²) in [6.07, 6.45) is 0.281. The standard InChI is InChI=1S/C28H30N4O5/c1-31(2)12-4-13-32-27(35)21-6-3-5-20-24(21)22(28(32)36)15-23-25(20)30-26(29-23)17-7-9-19(10-8-17)37-14-11-18(34)16-33/h3,5-10,15,18,33-34,36H,4,11-14,16H2,1-2H3. The van der Waals surface area contributed by atoms with Gasteiger partial charge in [-0.3, -0.25) is 9.36 Å². The van der Waals surface area contributed by atoms with Gasteiger partial charge in [-0.15, -0.1) is 0 Å². The largest absolute Gasteiger partial charge is 0.494 e. The maximum atomic E-state index is 13.3. The van der Waals surface area contributed by atoms with E-state index in [0.29, 0.717) is 58.4 Å². The Bertz CT molecular complexity index is 1590. The molecule has 1 atom stereocenters. The lowest BCUT2D eigenvalue weighted by atomic mass is 10.0. The number of aliphatic imine (C=N–C) groups is 1. The molecule has 2 heterocycles. The molecule has 1 aromatic heterocycles. The zero-order valence-corrected chi connectivity index (χ0v) is 20.9. The van der Waals surface area contributed by atoms with Crippen molar-refractivity contribution in [1.82, 2.24) is 9.47 Å². The number of benzene rings is 3. The fourth-order valence-corrected chi connectivity index (χ4v) is 4.63. The topological polar surface area (TPSA) is 120 Å². The van der Waals surface area contributed by atoms with E-state index in [1.54, 1.807) is 18.2 Å². The Balaban J connectivity index is 1.50. The first kappa shape index (κ1) is 24.9. The highest BCUT2D eigenvalue weighted by Crippen LogP contribution is 2.33. The number of pyridine rings is 1. The van der Waals surface area contributed by atoms with Gasteiger partial charge in [-0.05, 0) is 63.5 Å². The Labute approximate surface area is 213 Å². The number of ether oxygens (including phenoxy) is 1. The average molecular weight is 503 g/mol. The van der Waals surface area contributed by atoms with Crippen LogP contribution in [0.5, 0.6) is 11.6 Å². The van der Waals surface area contributed by atoms with E-state index in [4.69, 9.17) is 19.8 Å². The number of rotatable bonds is 10. The van der Waals surface area contributed by atoms with Gasteiger partial charge in [0.2, 0.25) is 5.88 Å². The second-order valence-electron chi connectivity index (χ2n) is 9.50. The van der Waals surface area contributed by atoms with Crippen molar-refractivity contribution in [2.24, 2.45) is 9.98 Å². The molecule has 192 valence electrons. The maximum Gasteiger partial charge on any atom is 0.261 e. The van der Waals surface area contributed by atoms with E-state index in [2.05, 4.69) is 0 Å². The van der Waals surface area contributed by atoms with Gasteiger partial charge in [0.05, 0.1) is 30.4 Å². The summed E-state index contributed by atoms with van der Waals surface area (Å²) in [6.45, 7) is 1.22. The molecule has 1 unspecified atom stereocenters. The van der Waals surface area contributed by atoms with Crippen LogP contribution in [0.25, 0.3) is 21.5 Å². The van der Waals surface area contributed by atoms with E-state index in [1.165, 1.54) is 4.57 Å². The number of aliphatic hydroxyl groups excluding tert-OH is 2. The van der Waals surface area contributed by atoms with Gasteiger partial charge >= 0.3 is 0 Å². The summed E-state index contributed by atoms with van der Waals surface area (Å²) >= 11 is 0. The van der Waals surface area contributed by atoms with Crippen molar-refractivity contribution in [3.05, 3.63) is 69.8 Å². The molecule has 0 saturated carbocycles. The maximum absolute atomic E-state index is 13.3. The van der Waals surface area contributed by atoms with Gasteiger partial charge in [0.1, 0.15) is 5.75 Å². The number of aromatic hydroxyl groups is 1. The summed E-state index contributed by atoms with van der Waals surface area (Å²) in [5.74, 6) is 1.13. The van der Waals surface area contributed by atoms with Crippen LogP contribution in [-0.2, 0) is 6.54 Å². The van der Waals surface area contributed by atoms with Crippen LogP contribution >= 0.6 is 0 Å². The van der Waals surface area contributed by atoms with Crippen LogP contribution in [0.4, 0.5) is 5.69 Å². The van der Waals surface area contributed by atoms with E-state index in [1.807, 2.05) is 49.3 Å². The van der Waals surface area contributed by atoms with Gasteiger partial charge in [0.15, 0.2) is 5.84 Å². The highest BCUT2D eigenvalue weighted by molar-refractivity contribution is 6.14. The number of hydrogen-bond donors (Lipinski definition) is 3. The minimum absolute atomic E-state index is 0.0493. The molecule has 5 rings (SSSR count). The predicted molar refractivity (Wildman–Crippen MR) is 143 cm³/mol. The molecule has 9 nitrogen and oxygen atoms in total. The molecule has 3 N–H and O–H groups in total. The number of nitrogens with zero attached hydrogens (tertiary/aromatic N) is 4. The van der Waals surface area contributed by atoms with Gasteiger partial charge in [-0.25, -0.2) is 9.98 Å². The average Bonchev–Trinajstić information content (AvgIpc) is 3.33. The van der Waals surface area contributed by atoms with Crippen LogP contribution in [0.15, 0.2) is 63.3 Å². The molecular formula is C28H30N4O5. The summed E-state index contributed by atoms with van der Waals surface area (Å²) in [6, 6.07) is 14.7. The minimum Gasteiger partial charge on any atom is -0.494 e. The first-order valence-corrected chi connectivity index (χ1v) is 12.3. The molecule has 3 aromatic carbocycles. The van der Waals surface area contributed by atoms with Crippen LogP contribution in [-0.4, -0.2) is 70.6 Å². The van der Waals surface area contributed by atoms with Crippen LogP contribution in [0.3, 0.4) is 0 Å². The Morgan fingerprint density at radius 3 is 2.54 bits per heavy atom. The van der Waals surface area contributed by atoms with Crippen LogP contribution in [0.2, 0.25) is 0 Å². The summed E-state index contributed by atoms with van der Waals surface area (Å²) < 4.78 is 7.07. The highest BCUT2D eigenvalue weighted by Gasteiger charge is 2.21. The van der Waals surface area contributed by atoms with Crippen molar-refractivity contribution < 1.29 is 20.1 Å². The van der Waals surface area contributed by atoms with E-state index >= 15 is 0 Å². The SMILES string of the molecule is CN(C)CCCn1c(O)c2cc3c(c4cccc(c1=O)c24)=NC(c1ccc(OCCC(O)CO)cc1)=N3. The molecule has 1 aliphatic heterocycles. The summed E-state index contributed by atoms with van der Waals surface area (Å²) in [7, 11) is 3.95. The molecular weight excluding hydrogens is 472 g/mol. The van der Waals surface area contributed by atoms with Crippen molar-refractivity contribution in [2.75, 3.05) is 33.9 Å². The van der Waals surface area contributed by atoms with Gasteiger partial charge in [0.25, 0.3) is 5.56 Å². The third-order valence-electron chi connectivity index (χ3n) is 6.56. The fourth-order valence-electron chi connectivity index (χ4n) is 4.63. The Morgan fingerprint density at radius 1 is 1.05 bits per heavy atom. The number of aliphatic hydroxyl groups is 2. The lowest BCUT2D eigenvalue weighted by Gasteiger charge is -2.15. The van der Waals surface area contributed by atoms with Crippen molar-refractivity contribution >= 4 is 33.1 Å². The summed E-state index contributed by atoms with van der Waals surface area (Å²) in [5.41, 5.74) is 1.23. The Kier molecular flexibility index (Phi) is 6.92. The van der Waals surface area contributed by atoms with Crippen LogP contribution in [0, 0.1) is 0 Å². The van der Waals surface area contributed by atoms with Crippen molar-refractivity contribution in [3.8, 4) is 11.6 Å². The third-order valence-corrected chi connectivity index (χ3v) is 6.56. The minimum atomic E-state index is -0.794. The second kappa shape index (κ2) is 10.3. The normalized spacial score (nSPS) is 13.7. The fraction of sp³-hybridized carbons (Fsp3) is 0.321. The van der Waals surface area contributed by atoms with Gasteiger partial charge < -0.3 is 25.0 Å². The molecule has 0 aliphatic carbocycles. The lowest BCUT2D eigenvalue weighted by Crippen LogP contribution is -2.23. The highest BCUT2D eigenvalue weighted by atomic mass is 16.5. The molecule has 0 spiro atoms. The number of fused-ring (bicyclic) bond motifs is 2. The monoisotopic (exact) mass is 502 g/mol. The number of hydrogen-bond acceptors (Lipinski definition) is 8. The molecule has 37 heavy (non-hydrogen) atoms. The smallest absolute Gasteiger partial charge is 0.261 e. The van der Waals surface area contributed by atoms with Crippen LogP contribution in [0.1, 0.15) is 18.4 Å². The van der Waals surface area contributed by atoms with E-state index in [9.17, 15) is 15.0 Å². The molecule has 4 aromatic rings. The van der Waals surface area contributed by atoms with E-state index in [-0.39, 0.29) is 18.0 Å². The molecule has 1 aliphatic rings. The molecule has 0 fully saturated rings. The molecule has 0 bridgehead atoms. The predicted octanol–water partition coefficient (Wildman–Crippen LogP) is 2.36. The zero-order chi connectivity index (χ0) is 26.1. The van der Waals surface area contributed by atoms with Crippen molar-refractivity contribution in [2.45, 2.75) is 25.5 Å². The molecule has 9 heteroatoms. The molecule has 0 amide bonds. The van der Waals surface area contributed by atoms with Crippen LogP contribution < -0.4 is 15.7 Å².